The molecule has 166 valence electrons. The Hall–Kier alpha value is -2.92. The summed E-state index contributed by atoms with van der Waals surface area (Å²) in [6, 6.07) is 17.7. The number of rotatable bonds is 6. The van der Waals surface area contributed by atoms with Crippen molar-refractivity contribution in [3.63, 3.8) is 0 Å². The van der Waals surface area contributed by atoms with E-state index in [2.05, 4.69) is 10.3 Å². The van der Waals surface area contributed by atoms with Crippen LogP contribution >= 0.6 is 23.2 Å². The highest BCUT2D eigenvalue weighted by Gasteiger charge is 2.32. The van der Waals surface area contributed by atoms with Crippen molar-refractivity contribution in [3.05, 3.63) is 87.5 Å². The van der Waals surface area contributed by atoms with Crippen LogP contribution in [0, 0.1) is 12.8 Å². The number of fused-ring (bicyclic) bond motifs is 1. The average molecular weight is 476 g/mol. The lowest BCUT2D eigenvalue weighted by molar-refractivity contribution is 0.0968. The number of Topliss-reactive ketones (excluding diaryl/α,β-unsaturated/α-hetero) is 1. The number of nitrogens with zero attached hydrogens (tertiary/aromatic N) is 1. The maximum atomic E-state index is 13.1. The zero-order valence-electron chi connectivity index (χ0n) is 18.2. The lowest BCUT2D eigenvalue weighted by atomic mass is 9.98. The third-order valence-corrected chi connectivity index (χ3v) is 6.94. The van der Waals surface area contributed by atoms with Crippen molar-refractivity contribution in [2.24, 2.45) is 11.7 Å². The molecule has 0 amide bonds. The van der Waals surface area contributed by atoms with Crippen LogP contribution in [0.3, 0.4) is 0 Å². The van der Waals surface area contributed by atoms with E-state index in [4.69, 9.17) is 28.9 Å². The summed E-state index contributed by atoms with van der Waals surface area (Å²) >= 11 is 12.8. The molecule has 6 heteroatoms. The maximum absolute atomic E-state index is 13.1. The Morgan fingerprint density at radius 1 is 1.03 bits per heavy atom. The van der Waals surface area contributed by atoms with Gasteiger partial charge in [0.05, 0.1) is 16.8 Å². The largest absolute Gasteiger partial charge is 0.354 e. The summed E-state index contributed by atoms with van der Waals surface area (Å²) in [5.41, 5.74) is 12.6. The van der Waals surface area contributed by atoms with E-state index in [9.17, 15) is 4.79 Å². The van der Waals surface area contributed by atoms with Crippen molar-refractivity contribution in [2.75, 3.05) is 5.32 Å². The van der Waals surface area contributed by atoms with Crippen LogP contribution in [0.1, 0.15) is 34.3 Å². The number of nitrogens with two attached hydrogens (primary N) is 1. The molecule has 0 spiro atoms. The molecule has 1 aromatic heterocycles. The quantitative estimate of drug-likeness (QED) is 0.286. The second kappa shape index (κ2) is 8.79. The number of hydrogen-bond acceptors (Lipinski definition) is 4. The van der Waals surface area contributed by atoms with E-state index >= 15 is 0 Å². The predicted octanol–water partition coefficient (Wildman–Crippen LogP) is 7.31. The highest BCUT2D eigenvalue weighted by Crippen LogP contribution is 2.39. The van der Waals surface area contributed by atoms with Crippen LogP contribution in [0.5, 0.6) is 0 Å². The lowest BCUT2D eigenvalue weighted by Gasteiger charge is -2.16. The molecule has 0 atom stereocenters. The molecular weight excluding hydrogens is 453 g/mol. The molecule has 3 aromatic carbocycles. The van der Waals surface area contributed by atoms with Gasteiger partial charge in [0.2, 0.25) is 0 Å². The van der Waals surface area contributed by atoms with Crippen LogP contribution < -0.4 is 11.1 Å². The molecule has 0 bridgehead atoms. The van der Waals surface area contributed by atoms with Crippen LogP contribution in [0.2, 0.25) is 10.0 Å². The first kappa shape index (κ1) is 21.9. The number of halogens is 2. The van der Waals surface area contributed by atoms with Crippen LogP contribution in [0.15, 0.2) is 60.8 Å². The number of benzene rings is 3. The first-order chi connectivity index (χ1) is 15.9. The Bertz CT molecular complexity index is 1360. The number of carbonyl (C=O) groups is 1. The Morgan fingerprint density at radius 2 is 1.73 bits per heavy atom. The molecule has 4 aromatic rings. The summed E-state index contributed by atoms with van der Waals surface area (Å²) in [7, 11) is 0. The fourth-order valence-electron chi connectivity index (χ4n) is 3.94. The molecule has 1 fully saturated rings. The number of ketones is 1. The lowest BCUT2D eigenvalue weighted by Crippen LogP contribution is -2.07. The smallest absolute Gasteiger partial charge is 0.169 e. The highest BCUT2D eigenvalue weighted by atomic mass is 35.5. The van der Waals surface area contributed by atoms with Crippen LogP contribution in [-0.4, -0.2) is 10.8 Å². The summed E-state index contributed by atoms with van der Waals surface area (Å²) in [6.45, 7) is 2.38. The van der Waals surface area contributed by atoms with Gasteiger partial charge in [0.25, 0.3) is 0 Å². The molecule has 0 radical (unpaired) electrons. The Labute approximate surface area is 202 Å². The summed E-state index contributed by atoms with van der Waals surface area (Å²) in [5.74, 6) is 0.222. The van der Waals surface area contributed by atoms with Crippen LogP contribution in [-0.2, 0) is 6.54 Å². The number of aromatic nitrogens is 1. The van der Waals surface area contributed by atoms with Crippen molar-refractivity contribution in [1.29, 1.82) is 0 Å². The Morgan fingerprint density at radius 3 is 2.36 bits per heavy atom. The van der Waals surface area contributed by atoms with Crippen LogP contribution in [0.25, 0.3) is 22.0 Å². The van der Waals surface area contributed by atoms with Gasteiger partial charge in [-0.25, -0.2) is 0 Å². The van der Waals surface area contributed by atoms with Gasteiger partial charge in [0, 0.05) is 39.8 Å². The number of carbonyl (C=O) groups excluding carboxylic acids is 1. The minimum absolute atomic E-state index is 0.0855. The van der Waals surface area contributed by atoms with E-state index in [1.165, 1.54) is 0 Å². The second-order valence-corrected chi connectivity index (χ2v) is 9.32. The van der Waals surface area contributed by atoms with Gasteiger partial charge < -0.3 is 11.1 Å². The third kappa shape index (κ3) is 4.34. The van der Waals surface area contributed by atoms with E-state index < -0.39 is 0 Å². The van der Waals surface area contributed by atoms with Gasteiger partial charge in [-0.2, -0.15) is 0 Å². The first-order valence-electron chi connectivity index (χ1n) is 10.9. The minimum Gasteiger partial charge on any atom is -0.354 e. The van der Waals surface area contributed by atoms with E-state index in [0.29, 0.717) is 22.2 Å². The normalized spacial score (nSPS) is 13.3. The number of pyridine rings is 1. The standard InChI is InChI=1S/C27H23Cl2N3O/c1-15-23(28)11-19(12-24(15)29)18-6-9-25-21(10-18)26(22(14-31-25)27(33)17-4-5-17)32-20-7-2-16(13-30)3-8-20/h2-3,6-12,14,17H,4-5,13,30H2,1H3,(H,31,32). The van der Waals surface area contributed by atoms with E-state index in [1.807, 2.05) is 61.5 Å². The fraction of sp³-hybridized carbons (Fsp3) is 0.185. The van der Waals surface area contributed by atoms with Gasteiger partial charge in [-0.15, -0.1) is 0 Å². The average Bonchev–Trinajstić information content (AvgIpc) is 3.68. The molecule has 4 nitrogen and oxygen atoms in total. The zero-order valence-corrected chi connectivity index (χ0v) is 19.7. The van der Waals surface area contributed by atoms with Gasteiger partial charge >= 0.3 is 0 Å². The number of hydrogen-bond donors (Lipinski definition) is 2. The summed E-state index contributed by atoms with van der Waals surface area (Å²) in [4.78, 5) is 17.7. The molecule has 0 unspecified atom stereocenters. The van der Waals surface area contributed by atoms with E-state index in [-0.39, 0.29) is 11.7 Å². The topological polar surface area (TPSA) is 68.0 Å². The van der Waals surface area contributed by atoms with E-state index in [1.54, 1.807) is 6.20 Å². The summed E-state index contributed by atoms with van der Waals surface area (Å²) in [6.07, 6.45) is 3.56. The maximum Gasteiger partial charge on any atom is 0.169 e. The van der Waals surface area contributed by atoms with Crippen molar-refractivity contribution in [3.8, 4) is 11.1 Å². The van der Waals surface area contributed by atoms with Gasteiger partial charge in [-0.3, -0.25) is 9.78 Å². The Kier molecular flexibility index (Phi) is 5.83. The number of nitrogens with one attached hydrogen (secondary N) is 1. The number of anilines is 2. The molecular formula is C27H23Cl2N3O. The summed E-state index contributed by atoms with van der Waals surface area (Å²) in [5, 5.41) is 5.59. The summed E-state index contributed by atoms with van der Waals surface area (Å²) < 4.78 is 0. The third-order valence-electron chi connectivity index (χ3n) is 6.15. The molecule has 1 saturated carbocycles. The van der Waals surface area contributed by atoms with Crippen molar-refractivity contribution >= 4 is 51.3 Å². The van der Waals surface area contributed by atoms with Crippen molar-refractivity contribution in [1.82, 2.24) is 4.98 Å². The molecule has 1 aliphatic rings. The second-order valence-electron chi connectivity index (χ2n) is 8.51. The van der Waals surface area contributed by atoms with Crippen molar-refractivity contribution < 1.29 is 4.79 Å². The molecule has 5 rings (SSSR count). The fourth-order valence-corrected chi connectivity index (χ4v) is 4.43. The Balaban J connectivity index is 1.67. The van der Waals surface area contributed by atoms with Crippen LogP contribution in [0.4, 0.5) is 11.4 Å². The molecule has 0 aliphatic heterocycles. The van der Waals surface area contributed by atoms with E-state index in [0.717, 1.165) is 57.4 Å². The SMILES string of the molecule is Cc1c(Cl)cc(-c2ccc3ncc(C(=O)C4CC4)c(Nc4ccc(CN)cc4)c3c2)cc1Cl. The molecule has 3 N–H and O–H groups in total. The molecule has 0 saturated heterocycles. The molecule has 1 heterocycles. The predicted molar refractivity (Wildman–Crippen MR) is 137 cm³/mol. The first-order valence-corrected chi connectivity index (χ1v) is 11.7. The van der Waals surface area contributed by atoms with Gasteiger partial charge in [-0.1, -0.05) is 41.4 Å². The minimum atomic E-state index is 0.0855. The highest BCUT2D eigenvalue weighted by molar-refractivity contribution is 6.36. The molecule has 33 heavy (non-hydrogen) atoms. The molecule has 1 aliphatic carbocycles. The monoisotopic (exact) mass is 475 g/mol. The van der Waals surface area contributed by atoms with Crippen molar-refractivity contribution in [2.45, 2.75) is 26.3 Å². The zero-order chi connectivity index (χ0) is 23.1. The van der Waals surface area contributed by atoms with Gasteiger partial charge in [-0.05, 0) is 78.4 Å². The van der Waals surface area contributed by atoms with Gasteiger partial charge in [0.1, 0.15) is 0 Å². The van der Waals surface area contributed by atoms with Gasteiger partial charge in [0.15, 0.2) is 5.78 Å².